The van der Waals surface area contributed by atoms with Gasteiger partial charge < -0.3 is 5.32 Å². The van der Waals surface area contributed by atoms with Crippen LogP contribution in [0.25, 0.3) is 0 Å². The summed E-state index contributed by atoms with van der Waals surface area (Å²) >= 11 is 0. The van der Waals surface area contributed by atoms with Gasteiger partial charge in [0.1, 0.15) is 0 Å². The van der Waals surface area contributed by atoms with Gasteiger partial charge in [0.25, 0.3) is 0 Å². The van der Waals surface area contributed by atoms with E-state index >= 15 is 0 Å². The fourth-order valence-electron chi connectivity index (χ4n) is 2.16. The molecule has 1 N–H and O–H groups in total. The normalized spacial score (nSPS) is 11.2. The Morgan fingerprint density at radius 2 is 1.75 bits per heavy atom. The fraction of sp³-hybridized carbons (Fsp3) is 0.467. The van der Waals surface area contributed by atoms with Crippen LogP contribution in [0.2, 0.25) is 0 Å². The van der Waals surface area contributed by atoms with Crippen molar-refractivity contribution >= 4 is 0 Å². The van der Waals surface area contributed by atoms with E-state index in [1.54, 1.807) is 0 Å². The molecule has 0 saturated carbocycles. The molecular formula is C15H23N. The van der Waals surface area contributed by atoms with Gasteiger partial charge >= 0.3 is 0 Å². The maximum atomic E-state index is 3.97. The van der Waals surface area contributed by atoms with E-state index in [0.717, 1.165) is 25.0 Å². The zero-order chi connectivity index (χ0) is 12.0. The predicted octanol–water partition coefficient (Wildman–Crippen LogP) is 3.91. The lowest BCUT2D eigenvalue weighted by molar-refractivity contribution is 0.326. The standard InChI is InChI=1S/C15H23N/c1-5-15(6-2,16-13(3)4)12-14-10-8-7-9-11-14/h7-11,16H,3,5-6,12H2,1-2,4H3. The van der Waals surface area contributed by atoms with E-state index in [1.807, 2.05) is 6.92 Å². The minimum absolute atomic E-state index is 0.160. The number of hydrogen-bond acceptors (Lipinski definition) is 1. The topological polar surface area (TPSA) is 12.0 Å². The van der Waals surface area contributed by atoms with Gasteiger partial charge in [0.05, 0.1) is 0 Å². The van der Waals surface area contributed by atoms with Crippen molar-refractivity contribution in [3.8, 4) is 0 Å². The van der Waals surface area contributed by atoms with Crippen LogP contribution < -0.4 is 5.32 Å². The molecule has 0 unspecified atom stereocenters. The molecule has 16 heavy (non-hydrogen) atoms. The molecule has 0 atom stereocenters. The molecule has 1 rings (SSSR count). The number of nitrogens with one attached hydrogen (secondary N) is 1. The molecule has 0 aliphatic rings. The molecule has 1 heteroatoms. The molecule has 0 heterocycles. The Kier molecular flexibility index (Phi) is 4.60. The SMILES string of the molecule is C=C(C)NC(CC)(CC)Cc1ccccc1. The zero-order valence-electron chi connectivity index (χ0n) is 10.7. The average molecular weight is 217 g/mol. The molecule has 1 aromatic carbocycles. The first kappa shape index (κ1) is 12.8. The summed E-state index contributed by atoms with van der Waals surface area (Å²) in [6.45, 7) is 10.5. The zero-order valence-corrected chi connectivity index (χ0v) is 10.7. The minimum atomic E-state index is 0.160. The van der Waals surface area contributed by atoms with Crippen LogP contribution in [-0.2, 0) is 6.42 Å². The summed E-state index contributed by atoms with van der Waals surface area (Å²) < 4.78 is 0. The summed E-state index contributed by atoms with van der Waals surface area (Å²) in [5.41, 5.74) is 2.60. The summed E-state index contributed by atoms with van der Waals surface area (Å²) in [6, 6.07) is 10.7. The molecule has 0 amide bonds. The Morgan fingerprint density at radius 1 is 1.19 bits per heavy atom. The number of benzene rings is 1. The second-order valence-electron chi connectivity index (χ2n) is 4.56. The summed E-state index contributed by atoms with van der Waals surface area (Å²) in [7, 11) is 0. The van der Waals surface area contributed by atoms with Gasteiger partial charge in [0.15, 0.2) is 0 Å². The van der Waals surface area contributed by atoms with E-state index in [0.29, 0.717) is 0 Å². The fourth-order valence-corrected chi connectivity index (χ4v) is 2.16. The van der Waals surface area contributed by atoms with E-state index in [9.17, 15) is 0 Å². The molecule has 88 valence electrons. The van der Waals surface area contributed by atoms with E-state index in [4.69, 9.17) is 0 Å². The molecule has 0 spiro atoms. The highest BCUT2D eigenvalue weighted by molar-refractivity contribution is 5.18. The van der Waals surface area contributed by atoms with Crippen molar-refractivity contribution in [2.24, 2.45) is 0 Å². The van der Waals surface area contributed by atoms with Crippen molar-refractivity contribution in [1.82, 2.24) is 5.32 Å². The molecular weight excluding hydrogens is 194 g/mol. The van der Waals surface area contributed by atoms with E-state index < -0.39 is 0 Å². The third-order valence-electron chi connectivity index (χ3n) is 3.22. The van der Waals surface area contributed by atoms with Crippen LogP contribution >= 0.6 is 0 Å². The third-order valence-corrected chi connectivity index (χ3v) is 3.22. The van der Waals surface area contributed by atoms with Crippen molar-refractivity contribution in [1.29, 1.82) is 0 Å². The largest absolute Gasteiger partial charge is 0.383 e. The van der Waals surface area contributed by atoms with Crippen molar-refractivity contribution in [3.05, 3.63) is 48.2 Å². The second-order valence-corrected chi connectivity index (χ2v) is 4.56. The van der Waals surface area contributed by atoms with Crippen LogP contribution in [0.5, 0.6) is 0 Å². The van der Waals surface area contributed by atoms with Crippen molar-refractivity contribution < 1.29 is 0 Å². The van der Waals surface area contributed by atoms with Crippen molar-refractivity contribution in [2.75, 3.05) is 0 Å². The van der Waals surface area contributed by atoms with Gasteiger partial charge in [-0.15, -0.1) is 0 Å². The van der Waals surface area contributed by atoms with E-state index in [-0.39, 0.29) is 5.54 Å². The summed E-state index contributed by atoms with van der Waals surface area (Å²) in [6.07, 6.45) is 3.30. The number of rotatable bonds is 6. The molecule has 1 aromatic rings. The Labute approximate surface area is 99.6 Å². The van der Waals surface area contributed by atoms with Crippen LogP contribution in [0.15, 0.2) is 42.6 Å². The quantitative estimate of drug-likeness (QED) is 0.761. The first-order chi connectivity index (χ1) is 7.62. The molecule has 0 aliphatic carbocycles. The Bertz CT molecular complexity index is 323. The van der Waals surface area contributed by atoms with Crippen LogP contribution in [0.4, 0.5) is 0 Å². The minimum Gasteiger partial charge on any atom is -0.383 e. The molecule has 0 aromatic heterocycles. The van der Waals surface area contributed by atoms with Gasteiger partial charge in [-0.05, 0) is 31.7 Å². The first-order valence-corrected chi connectivity index (χ1v) is 6.09. The monoisotopic (exact) mass is 217 g/mol. The molecule has 0 saturated heterocycles. The van der Waals surface area contributed by atoms with Gasteiger partial charge in [0.2, 0.25) is 0 Å². The predicted molar refractivity (Wildman–Crippen MR) is 71.4 cm³/mol. The average Bonchev–Trinajstić information content (AvgIpc) is 2.29. The molecule has 0 radical (unpaired) electrons. The maximum Gasteiger partial charge on any atom is 0.0405 e. The highest BCUT2D eigenvalue weighted by Crippen LogP contribution is 2.22. The first-order valence-electron chi connectivity index (χ1n) is 6.09. The van der Waals surface area contributed by atoms with Crippen molar-refractivity contribution in [3.63, 3.8) is 0 Å². The third kappa shape index (κ3) is 3.41. The molecule has 0 fully saturated rings. The lowest BCUT2D eigenvalue weighted by Gasteiger charge is -2.34. The Morgan fingerprint density at radius 3 is 2.19 bits per heavy atom. The highest BCUT2D eigenvalue weighted by Gasteiger charge is 2.25. The van der Waals surface area contributed by atoms with Crippen molar-refractivity contribution in [2.45, 2.75) is 45.6 Å². The second kappa shape index (κ2) is 5.74. The van der Waals surface area contributed by atoms with Crippen LogP contribution in [0.3, 0.4) is 0 Å². The lowest BCUT2D eigenvalue weighted by Crippen LogP contribution is -2.44. The summed E-state index contributed by atoms with van der Waals surface area (Å²) in [5.74, 6) is 0. The Hall–Kier alpha value is -1.24. The highest BCUT2D eigenvalue weighted by atomic mass is 15.0. The van der Waals surface area contributed by atoms with Gasteiger partial charge in [-0.3, -0.25) is 0 Å². The van der Waals surface area contributed by atoms with Gasteiger partial charge in [0, 0.05) is 11.2 Å². The summed E-state index contributed by atoms with van der Waals surface area (Å²) in [4.78, 5) is 0. The number of hydrogen-bond donors (Lipinski definition) is 1. The molecule has 1 nitrogen and oxygen atoms in total. The Balaban J connectivity index is 2.82. The summed E-state index contributed by atoms with van der Waals surface area (Å²) in [5, 5.41) is 3.55. The lowest BCUT2D eigenvalue weighted by atomic mass is 9.85. The van der Waals surface area contributed by atoms with E-state index in [2.05, 4.69) is 56.1 Å². The smallest absolute Gasteiger partial charge is 0.0405 e. The van der Waals surface area contributed by atoms with Gasteiger partial charge in [-0.2, -0.15) is 0 Å². The van der Waals surface area contributed by atoms with Gasteiger partial charge in [-0.25, -0.2) is 0 Å². The van der Waals surface area contributed by atoms with Crippen LogP contribution in [-0.4, -0.2) is 5.54 Å². The van der Waals surface area contributed by atoms with E-state index in [1.165, 1.54) is 5.56 Å². The van der Waals surface area contributed by atoms with Crippen LogP contribution in [0, 0.1) is 0 Å². The van der Waals surface area contributed by atoms with Crippen LogP contribution in [0.1, 0.15) is 39.2 Å². The molecule has 0 aliphatic heterocycles. The maximum absolute atomic E-state index is 3.97. The number of allylic oxidation sites excluding steroid dienone is 1. The molecule has 0 bridgehead atoms. The van der Waals surface area contributed by atoms with Gasteiger partial charge in [-0.1, -0.05) is 50.8 Å².